The molecule has 2 heterocycles. The summed E-state index contributed by atoms with van der Waals surface area (Å²) in [6, 6.07) is 6.58. The first-order valence-corrected chi connectivity index (χ1v) is 8.53. The molecule has 25 heavy (non-hydrogen) atoms. The third kappa shape index (κ3) is 4.34. The summed E-state index contributed by atoms with van der Waals surface area (Å²) in [4.78, 5) is 8.68. The number of piperazine rings is 1. The van der Waals surface area contributed by atoms with Gasteiger partial charge in [0.15, 0.2) is 5.82 Å². The van der Waals surface area contributed by atoms with Crippen LogP contribution in [0.5, 0.6) is 0 Å². The van der Waals surface area contributed by atoms with Crippen LogP contribution >= 0.6 is 0 Å². The number of benzene rings is 1. The first-order chi connectivity index (χ1) is 12.0. The molecule has 6 nitrogen and oxygen atoms in total. The molecule has 0 atom stereocenters. The van der Waals surface area contributed by atoms with Crippen LogP contribution < -0.4 is 4.90 Å². The molecule has 0 spiro atoms. The quantitative estimate of drug-likeness (QED) is 0.831. The van der Waals surface area contributed by atoms with E-state index < -0.39 is 0 Å². The highest BCUT2D eigenvalue weighted by Crippen LogP contribution is 2.22. The molecule has 0 radical (unpaired) electrons. The fraction of sp³-hybridized carbons (Fsp3) is 0.500. The number of nitriles is 1. The third-order valence-corrected chi connectivity index (χ3v) is 4.25. The Morgan fingerprint density at radius 1 is 1.28 bits per heavy atom. The van der Waals surface area contributed by atoms with Crippen LogP contribution in [0.1, 0.15) is 31.1 Å². The first-order valence-electron chi connectivity index (χ1n) is 8.53. The summed E-state index contributed by atoms with van der Waals surface area (Å²) in [5, 5.41) is 12.9. The highest BCUT2D eigenvalue weighted by Gasteiger charge is 2.21. The lowest BCUT2D eigenvalue weighted by molar-refractivity contribution is 0.239. The van der Waals surface area contributed by atoms with E-state index in [0.29, 0.717) is 35.4 Å². The van der Waals surface area contributed by atoms with Gasteiger partial charge in [-0.1, -0.05) is 19.0 Å². The third-order valence-electron chi connectivity index (χ3n) is 4.25. The number of aromatic nitrogens is 2. The van der Waals surface area contributed by atoms with Gasteiger partial charge < -0.3 is 9.42 Å². The van der Waals surface area contributed by atoms with Crippen LogP contribution in [-0.4, -0.2) is 41.2 Å². The van der Waals surface area contributed by atoms with Crippen LogP contribution in [0, 0.1) is 23.1 Å². The van der Waals surface area contributed by atoms with Crippen LogP contribution in [-0.2, 0) is 13.0 Å². The molecule has 1 aromatic heterocycles. The molecule has 0 bridgehead atoms. The molecule has 0 amide bonds. The number of halogens is 1. The summed E-state index contributed by atoms with van der Waals surface area (Å²) in [6.45, 7) is 7.92. The molecule has 1 aliphatic rings. The largest absolute Gasteiger partial charge is 0.367 e. The predicted octanol–water partition coefficient (Wildman–Crippen LogP) is 2.60. The minimum Gasteiger partial charge on any atom is -0.367 e. The highest BCUT2D eigenvalue weighted by atomic mass is 19.1. The van der Waals surface area contributed by atoms with Crippen molar-refractivity contribution in [1.82, 2.24) is 15.0 Å². The van der Waals surface area contributed by atoms with E-state index in [4.69, 9.17) is 9.78 Å². The Hall–Kier alpha value is -2.46. The van der Waals surface area contributed by atoms with Crippen LogP contribution in [0.25, 0.3) is 0 Å². The second-order valence-electron chi connectivity index (χ2n) is 6.74. The van der Waals surface area contributed by atoms with E-state index >= 15 is 0 Å². The van der Waals surface area contributed by atoms with Gasteiger partial charge in [0.05, 0.1) is 23.9 Å². The minimum absolute atomic E-state index is 0.342. The van der Waals surface area contributed by atoms with Crippen LogP contribution in [0.15, 0.2) is 22.7 Å². The Kier molecular flexibility index (Phi) is 5.29. The van der Waals surface area contributed by atoms with E-state index in [1.54, 1.807) is 12.1 Å². The van der Waals surface area contributed by atoms with E-state index in [9.17, 15) is 4.39 Å². The first kappa shape index (κ1) is 17.4. The fourth-order valence-electron chi connectivity index (χ4n) is 2.97. The number of nitrogens with zero attached hydrogens (tertiary/aromatic N) is 5. The van der Waals surface area contributed by atoms with Crippen LogP contribution in [0.4, 0.5) is 10.1 Å². The number of rotatable bonds is 5. The molecule has 1 aliphatic heterocycles. The molecule has 3 rings (SSSR count). The molecule has 2 aromatic rings. The van der Waals surface area contributed by atoms with Gasteiger partial charge in [-0.25, -0.2) is 4.39 Å². The smallest absolute Gasteiger partial charge is 0.226 e. The molecule has 1 aromatic carbocycles. The van der Waals surface area contributed by atoms with Crippen molar-refractivity contribution in [2.75, 3.05) is 31.1 Å². The zero-order valence-electron chi connectivity index (χ0n) is 14.6. The molecular weight excluding hydrogens is 321 g/mol. The summed E-state index contributed by atoms with van der Waals surface area (Å²) < 4.78 is 19.4. The normalized spacial score (nSPS) is 15.6. The summed E-state index contributed by atoms with van der Waals surface area (Å²) in [7, 11) is 0. The molecule has 1 fully saturated rings. The Bertz CT molecular complexity index is 759. The molecule has 132 valence electrons. The van der Waals surface area contributed by atoms with Gasteiger partial charge in [-0.15, -0.1) is 0 Å². The lowest BCUT2D eigenvalue weighted by Gasteiger charge is -2.35. The molecule has 0 N–H and O–H groups in total. The Balaban J connectivity index is 1.55. The maximum absolute atomic E-state index is 14.1. The van der Waals surface area contributed by atoms with Gasteiger partial charge in [-0.2, -0.15) is 10.2 Å². The van der Waals surface area contributed by atoms with E-state index in [1.807, 2.05) is 11.0 Å². The summed E-state index contributed by atoms with van der Waals surface area (Å²) in [5.41, 5.74) is 0.895. The highest BCUT2D eigenvalue weighted by molar-refractivity contribution is 5.51. The van der Waals surface area contributed by atoms with Crippen molar-refractivity contribution in [1.29, 1.82) is 5.26 Å². The second-order valence-corrected chi connectivity index (χ2v) is 6.74. The second kappa shape index (κ2) is 7.62. The lowest BCUT2D eigenvalue weighted by atomic mass is 10.1. The van der Waals surface area contributed by atoms with Gasteiger partial charge in [-0.05, 0) is 24.1 Å². The van der Waals surface area contributed by atoms with Crippen molar-refractivity contribution in [2.24, 2.45) is 5.92 Å². The van der Waals surface area contributed by atoms with Gasteiger partial charge in [-0.3, -0.25) is 4.90 Å². The Morgan fingerprint density at radius 3 is 2.68 bits per heavy atom. The van der Waals surface area contributed by atoms with Crippen molar-refractivity contribution in [2.45, 2.75) is 26.8 Å². The molecule has 7 heteroatoms. The monoisotopic (exact) mass is 343 g/mol. The predicted molar refractivity (Wildman–Crippen MR) is 91.4 cm³/mol. The van der Waals surface area contributed by atoms with Crippen molar-refractivity contribution >= 4 is 5.69 Å². The average molecular weight is 343 g/mol. The number of hydrogen-bond donors (Lipinski definition) is 0. The van der Waals surface area contributed by atoms with E-state index in [-0.39, 0.29) is 5.82 Å². The van der Waals surface area contributed by atoms with E-state index in [2.05, 4.69) is 28.9 Å². The van der Waals surface area contributed by atoms with Gasteiger partial charge in [0.1, 0.15) is 5.82 Å². The van der Waals surface area contributed by atoms with Crippen LogP contribution in [0.3, 0.4) is 0 Å². The Morgan fingerprint density at radius 2 is 2.04 bits per heavy atom. The summed E-state index contributed by atoms with van der Waals surface area (Å²) in [5.74, 6) is 1.53. The fourth-order valence-corrected chi connectivity index (χ4v) is 2.97. The Labute approximate surface area is 146 Å². The number of hydrogen-bond acceptors (Lipinski definition) is 6. The maximum atomic E-state index is 14.1. The zero-order valence-corrected chi connectivity index (χ0v) is 14.6. The SMILES string of the molecule is CC(C)Cc1nc(CN2CCN(c3ccc(C#N)cc3F)CC2)no1. The standard InChI is InChI=1S/C18H22FN5O/c1-13(2)9-18-21-17(22-25-18)12-23-5-7-24(8-6-23)16-4-3-14(11-20)10-15(16)19/h3-4,10,13H,5-9,12H2,1-2H3. The van der Waals surface area contributed by atoms with Crippen molar-refractivity contribution in [3.63, 3.8) is 0 Å². The van der Waals surface area contributed by atoms with E-state index in [1.165, 1.54) is 6.07 Å². The van der Waals surface area contributed by atoms with Crippen molar-refractivity contribution in [3.05, 3.63) is 41.3 Å². The van der Waals surface area contributed by atoms with Crippen molar-refractivity contribution < 1.29 is 8.91 Å². The summed E-state index contributed by atoms with van der Waals surface area (Å²) >= 11 is 0. The van der Waals surface area contributed by atoms with Gasteiger partial charge in [0.2, 0.25) is 5.89 Å². The maximum Gasteiger partial charge on any atom is 0.226 e. The topological polar surface area (TPSA) is 69.2 Å². The minimum atomic E-state index is -0.344. The number of anilines is 1. The van der Waals surface area contributed by atoms with Crippen LogP contribution in [0.2, 0.25) is 0 Å². The molecule has 0 unspecified atom stereocenters. The van der Waals surface area contributed by atoms with E-state index in [0.717, 1.165) is 32.6 Å². The van der Waals surface area contributed by atoms with Crippen molar-refractivity contribution in [3.8, 4) is 6.07 Å². The molecule has 0 saturated carbocycles. The summed E-state index contributed by atoms with van der Waals surface area (Å²) in [6.07, 6.45) is 0.790. The molecule has 0 aliphatic carbocycles. The van der Waals surface area contributed by atoms with Gasteiger partial charge in [0, 0.05) is 32.6 Å². The lowest BCUT2D eigenvalue weighted by Crippen LogP contribution is -2.46. The van der Waals surface area contributed by atoms with Gasteiger partial charge >= 0.3 is 0 Å². The molecular formula is C18H22FN5O. The molecule has 1 saturated heterocycles. The van der Waals surface area contributed by atoms with Gasteiger partial charge in [0.25, 0.3) is 0 Å². The zero-order chi connectivity index (χ0) is 17.8. The average Bonchev–Trinajstić information content (AvgIpc) is 3.01.